The van der Waals surface area contributed by atoms with Gasteiger partial charge in [-0.25, -0.2) is 0 Å². The summed E-state index contributed by atoms with van der Waals surface area (Å²) >= 11 is 0. The van der Waals surface area contributed by atoms with Gasteiger partial charge in [0.05, 0.1) is 5.92 Å². The molecule has 2 nitrogen and oxygen atoms in total. The van der Waals surface area contributed by atoms with Crippen LogP contribution in [0.1, 0.15) is 72.1 Å². The Morgan fingerprint density at radius 1 is 1.06 bits per heavy atom. The summed E-state index contributed by atoms with van der Waals surface area (Å²) in [4.78, 5) is 11.5. The minimum Gasteiger partial charge on any atom is -0.481 e. The van der Waals surface area contributed by atoms with E-state index in [4.69, 9.17) is 0 Å². The van der Waals surface area contributed by atoms with Crippen molar-refractivity contribution in [3.8, 4) is 0 Å². The molecule has 0 aromatic heterocycles. The van der Waals surface area contributed by atoms with Crippen molar-refractivity contribution >= 4 is 5.97 Å². The molecule has 104 valence electrons. The molecule has 0 aromatic carbocycles. The molecule has 2 heteroatoms. The van der Waals surface area contributed by atoms with Crippen molar-refractivity contribution in [2.24, 2.45) is 22.7 Å². The van der Waals surface area contributed by atoms with E-state index in [-0.39, 0.29) is 11.3 Å². The molecule has 0 amide bonds. The molecule has 2 saturated carbocycles. The zero-order valence-corrected chi connectivity index (χ0v) is 12.2. The van der Waals surface area contributed by atoms with E-state index in [0.717, 1.165) is 38.0 Å². The highest BCUT2D eigenvalue weighted by molar-refractivity contribution is 5.71. The van der Waals surface area contributed by atoms with E-state index in [1.54, 1.807) is 0 Å². The van der Waals surface area contributed by atoms with E-state index in [0.29, 0.717) is 5.41 Å². The molecule has 0 heterocycles. The van der Waals surface area contributed by atoms with Gasteiger partial charge >= 0.3 is 5.97 Å². The average molecular weight is 252 g/mol. The molecular weight excluding hydrogens is 224 g/mol. The van der Waals surface area contributed by atoms with Crippen LogP contribution in [0.15, 0.2) is 0 Å². The summed E-state index contributed by atoms with van der Waals surface area (Å²) in [6.07, 6.45) is 9.17. The fourth-order valence-electron chi connectivity index (χ4n) is 4.35. The summed E-state index contributed by atoms with van der Waals surface area (Å²) < 4.78 is 0. The third-order valence-electron chi connectivity index (χ3n) is 5.66. The zero-order chi connectivity index (χ0) is 13.4. The second-order valence-electron chi connectivity index (χ2n) is 7.64. The minimum absolute atomic E-state index is 0.0628. The molecule has 0 aromatic rings. The maximum Gasteiger partial charge on any atom is 0.307 e. The molecule has 0 aliphatic heterocycles. The van der Waals surface area contributed by atoms with E-state index in [2.05, 4.69) is 20.8 Å². The van der Waals surface area contributed by atoms with E-state index in [9.17, 15) is 9.90 Å². The van der Waals surface area contributed by atoms with Crippen molar-refractivity contribution in [2.75, 3.05) is 0 Å². The molecule has 1 N–H and O–H groups in total. The molecule has 0 saturated heterocycles. The van der Waals surface area contributed by atoms with Crippen LogP contribution in [0.2, 0.25) is 0 Å². The van der Waals surface area contributed by atoms with Crippen LogP contribution in [0.25, 0.3) is 0 Å². The van der Waals surface area contributed by atoms with Crippen molar-refractivity contribution in [1.29, 1.82) is 0 Å². The first kappa shape index (κ1) is 13.9. The number of hydrogen-bond acceptors (Lipinski definition) is 1. The molecule has 18 heavy (non-hydrogen) atoms. The van der Waals surface area contributed by atoms with E-state index >= 15 is 0 Å². The van der Waals surface area contributed by atoms with Gasteiger partial charge in [0.25, 0.3) is 0 Å². The lowest BCUT2D eigenvalue weighted by Crippen LogP contribution is -2.43. The normalized spacial score (nSPS) is 37.7. The lowest BCUT2D eigenvalue weighted by atomic mass is 9.55. The number of carboxylic acids is 1. The summed E-state index contributed by atoms with van der Waals surface area (Å²) in [7, 11) is 0. The first-order valence-corrected chi connectivity index (χ1v) is 7.58. The molecule has 2 fully saturated rings. The van der Waals surface area contributed by atoms with Crippen LogP contribution in [0.3, 0.4) is 0 Å². The van der Waals surface area contributed by atoms with Crippen LogP contribution in [0, 0.1) is 22.7 Å². The van der Waals surface area contributed by atoms with Gasteiger partial charge in [0.15, 0.2) is 0 Å². The molecule has 1 unspecified atom stereocenters. The van der Waals surface area contributed by atoms with Crippen LogP contribution in [0.4, 0.5) is 0 Å². The number of hydrogen-bond donors (Lipinski definition) is 1. The second-order valence-corrected chi connectivity index (χ2v) is 7.64. The van der Waals surface area contributed by atoms with Crippen LogP contribution < -0.4 is 0 Å². The molecule has 1 atom stereocenters. The fraction of sp³-hybridized carbons (Fsp3) is 0.938. The van der Waals surface area contributed by atoms with Gasteiger partial charge in [-0.15, -0.1) is 0 Å². The third-order valence-corrected chi connectivity index (χ3v) is 5.66. The highest BCUT2D eigenvalue weighted by atomic mass is 16.4. The number of carboxylic acid groups (broad SMARTS) is 1. The largest absolute Gasteiger partial charge is 0.481 e. The van der Waals surface area contributed by atoms with E-state index < -0.39 is 5.97 Å². The molecule has 2 aliphatic carbocycles. The van der Waals surface area contributed by atoms with Crippen LogP contribution in [0.5, 0.6) is 0 Å². The Balaban J connectivity index is 2.07. The lowest BCUT2D eigenvalue weighted by Gasteiger charge is -2.49. The van der Waals surface area contributed by atoms with Gasteiger partial charge in [-0.2, -0.15) is 0 Å². The van der Waals surface area contributed by atoms with Crippen LogP contribution >= 0.6 is 0 Å². The summed E-state index contributed by atoms with van der Waals surface area (Å²) in [6, 6.07) is 0. The predicted octanol–water partition coefficient (Wildman–Crippen LogP) is 4.48. The first-order valence-electron chi connectivity index (χ1n) is 7.58. The Morgan fingerprint density at radius 3 is 2.17 bits per heavy atom. The monoisotopic (exact) mass is 252 g/mol. The molecule has 0 radical (unpaired) electrons. The average Bonchev–Trinajstić information content (AvgIpc) is 2.28. The molecular formula is C16H28O2. The van der Waals surface area contributed by atoms with Crippen molar-refractivity contribution in [3.05, 3.63) is 0 Å². The molecule has 1 spiro atoms. The standard InChI is InChI=1S/C16H28O2/c1-15(2,3)12-7-10-16(11-8-12)9-5-4-6-13(16)14(17)18/h12-13H,4-11H2,1-3H3,(H,17,18). The SMILES string of the molecule is CC(C)(C)C1CCC2(CCCCC2C(=O)O)CC1. The Bertz CT molecular complexity index is 306. The Hall–Kier alpha value is -0.530. The fourth-order valence-corrected chi connectivity index (χ4v) is 4.35. The minimum atomic E-state index is -0.538. The summed E-state index contributed by atoms with van der Waals surface area (Å²) in [5.74, 6) is 0.176. The predicted molar refractivity (Wildman–Crippen MR) is 73.4 cm³/mol. The second kappa shape index (κ2) is 4.86. The van der Waals surface area contributed by atoms with Gasteiger partial charge in [-0.3, -0.25) is 4.79 Å². The maximum atomic E-state index is 11.5. The first-order chi connectivity index (χ1) is 8.35. The lowest BCUT2D eigenvalue weighted by molar-refractivity contribution is -0.151. The molecule has 2 aliphatic rings. The zero-order valence-electron chi connectivity index (χ0n) is 12.2. The van der Waals surface area contributed by atoms with Gasteiger partial charge < -0.3 is 5.11 Å². The Kier molecular flexibility index (Phi) is 3.75. The van der Waals surface area contributed by atoms with Gasteiger partial charge in [-0.1, -0.05) is 33.6 Å². The van der Waals surface area contributed by atoms with Crippen LogP contribution in [-0.4, -0.2) is 11.1 Å². The highest BCUT2D eigenvalue weighted by Crippen LogP contribution is 2.54. The van der Waals surface area contributed by atoms with Gasteiger partial charge in [0, 0.05) is 0 Å². The van der Waals surface area contributed by atoms with E-state index in [1.807, 2.05) is 0 Å². The van der Waals surface area contributed by atoms with Crippen molar-refractivity contribution < 1.29 is 9.90 Å². The van der Waals surface area contributed by atoms with E-state index in [1.165, 1.54) is 19.3 Å². The topological polar surface area (TPSA) is 37.3 Å². The smallest absolute Gasteiger partial charge is 0.307 e. The van der Waals surface area contributed by atoms with Crippen molar-refractivity contribution in [1.82, 2.24) is 0 Å². The summed E-state index contributed by atoms with van der Waals surface area (Å²) in [5, 5.41) is 9.48. The highest BCUT2D eigenvalue weighted by Gasteiger charge is 2.47. The van der Waals surface area contributed by atoms with Gasteiger partial charge in [-0.05, 0) is 55.3 Å². The van der Waals surface area contributed by atoms with Crippen molar-refractivity contribution in [3.63, 3.8) is 0 Å². The Labute approximate surface area is 111 Å². The molecule has 0 bridgehead atoms. The Morgan fingerprint density at radius 2 is 1.67 bits per heavy atom. The number of rotatable bonds is 1. The van der Waals surface area contributed by atoms with Crippen molar-refractivity contribution in [2.45, 2.75) is 72.1 Å². The maximum absolute atomic E-state index is 11.5. The van der Waals surface area contributed by atoms with Gasteiger partial charge in [0.2, 0.25) is 0 Å². The quantitative estimate of drug-likeness (QED) is 0.747. The summed E-state index contributed by atoms with van der Waals surface area (Å²) in [6.45, 7) is 6.97. The molecule has 2 rings (SSSR count). The van der Waals surface area contributed by atoms with Gasteiger partial charge in [0.1, 0.15) is 0 Å². The third kappa shape index (κ3) is 2.57. The number of aliphatic carboxylic acids is 1. The summed E-state index contributed by atoms with van der Waals surface area (Å²) in [5.41, 5.74) is 0.529. The number of carbonyl (C=O) groups is 1. The van der Waals surface area contributed by atoms with Crippen LogP contribution in [-0.2, 0) is 4.79 Å².